The van der Waals surface area contributed by atoms with Crippen molar-refractivity contribution in [1.82, 2.24) is 10.6 Å². The monoisotopic (exact) mass is 168 g/mol. The highest BCUT2D eigenvalue weighted by molar-refractivity contribution is 5.79. The Kier molecular flexibility index (Phi) is 4.38. The summed E-state index contributed by atoms with van der Waals surface area (Å²) in [5, 5.41) is 5.62. The summed E-state index contributed by atoms with van der Waals surface area (Å²) < 4.78 is 0. The number of likely N-dealkylation sites (N-methyl/N-ethyl adjacent to an activating group) is 1. The van der Waals surface area contributed by atoms with Crippen LogP contribution in [0.2, 0.25) is 0 Å². The molecule has 1 amide bonds. The van der Waals surface area contributed by atoms with Gasteiger partial charge in [0.05, 0.1) is 12.1 Å². The van der Waals surface area contributed by atoms with Crippen molar-refractivity contribution in [2.24, 2.45) is 0 Å². The number of terminal acetylenes is 1. The smallest absolute Gasteiger partial charge is 0.235 e. The average Bonchev–Trinajstić information content (AvgIpc) is 2.00. The van der Waals surface area contributed by atoms with Gasteiger partial charge in [-0.25, -0.2) is 0 Å². The van der Waals surface area contributed by atoms with Gasteiger partial charge in [0, 0.05) is 0 Å². The van der Waals surface area contributed by atoms with Crippen LogP contribution in [0.5, 0.6) is 0 Å². The van der Waals surface area contributed by atoms with Crippen LogP contribution in [0.1, 0.15) is 20.8 Å². The third-order valence-electron chi connectivity index (χ3n) is 1.35. The van der Waals surface area contributed by atoms with E-state index in [0.717, 1.165) is 6.54 Å². The van der Waals surface area contributed by atoms with Gasteiger partial charge in [0.1, 0.15) is 0 Å². The fourth-order valence-corrected chi connectivity index (χ4v) is 0.667. The molecule has 0 fully saturated rings. The first kappa shape index (κ1) is 11.0. The van der Waals surface area contributed by atoms with E-state index in [2.05, 4.69) is 16.6 Å². The van der Waals surface area contributed by atoms with E-state index in [-0.39, 0.29) is 5.91 Å². The number of rotatable bonds is 4. The minimum absolute atomic E-state index is 0.0696. The Morgan fingerprint density at radius 2 is 2.17 bits per heavy atom. The molecule has 0 aromatic carbocycles. The molecule has 0 heterocycles. The second-order valence-corrected chi connectivity index (χ2v) is 3.10. The van der Waals surface area contributed by atoms with Gasteiger partial charge >= 0.3 is 0 Å². The summed E-state index contributed by atoms with van der Waals surface area (Å²) in [5.74, 6) is 2.42. The molecule has 0 unspecified atom stereocenters. The quantitative estimate of drug-likeness (QED) is 0.586. The minimum Gasteiger partial charge on any atom is -0.339 e. The molecule has 0 saturated carbocycles. The standard InChI is InChI=1S/C9H16N2O/c1-5-9(3,4)11-8(12)7-10-6-2/h1,10H,6-7H2,2-4H3,(H,11,12). The van der Waals surface area contributed by atoms with Crippen LogP contribution in [0.3, 0.4) is 0 Å². The van der Waals surface area contributed by atoms with Gasteiger partial charge in [0.15, 0.2) is 0 Å². The van der Waals surface area contributed by atoms with Crippen LogP contribution in [0.4, 0.5) is 0 Å². The highest BCUT2D eigenvalue weighted by atomic mass is 16.2. The highest BCUT2D eigenvalue weighted by Gasteiger charge is 2.15. The van der Waals surface area contributed by atoms with E-state index in [4.69, 9.17) is 6.42 Å². The van der Waals surface area contributed by atoms with Crippen molar-refractivity contribution in [1.29, 1.82) is 0 Å². The first-order valence-corrected chi connectivity index (χ1v) is 4.01. The number of carbonyl (C=O) groups is 1. The Labute approximate surface area is 73.9 Å². The predicted octanol–water partition coefficient (Wildman–Crippen LogP) is 0.124. The summed E-state index contributed by atoms with van der Waals surface area (Å²) >= 11 is 0. The van der Waals surface area contributed by atoms with Crippen LogP contribution in [0, 0.1) is 12.3 Å². The van der Waals surface area contributed by atoms with Crippen molar-refractivity contribution in [2.45, 2.75) is 26.3 Å². The van der Waals surface area contributed by atoms with E-state index >= 15 is 0 Å². The molecule has 0 atom stereocenters. The summed E-state index contributed by atoms with van der Waals surface area (Å²) in [7, 11) is 0. The zero-order valence-electron chi connectivity index (χ0n) is 7.90. The molecule has 0 bridgehead atoms. The molecule has 0 spiro atoms. The van der Waals surface area contributed by atoms with Crippen LogP contribution in [-0.4, -0.2) is 24.5 Å². The van der Waals surface area contributed by atoms with E-state index in [1.54, 1.807) is 13.8 Å². The van der Waals surface area contributed by atoms with Gasteiger partial charge in [-0.3, -0.25) is 4.79 Å². The second kappa shape index (κ2) is 4.78. The van der Waals surface area contributed by atoms with Crippen LogP contribution in [0.15, 0.2) is 0 Å². The molecule has 0 aromatic rings. The van der Waals surface area contributed by atoms with E-state index in [1.807, 2.05) is 6.92 Å². The lowest BCUT2D eigenvalue weighted by Crippen LogP contribution is -2.45. The molecule has 2 N–H and O–H groups in total. The van der Waals surface area contributed by atoms with Gasteiger partial charge in [-0.15, -0.1) is 6.42 Å². The average molecular weight is 168 g/mol. The van der Waals surface area contributed by atoms with Crippen LogP contribution < -0.4 is 10.6 Å². The normalized spacial score (nSPS) is 10.5. The lowest BCUT2D eigenvalue weighted by molar-refractivity contribution is -0.121. The molecule has 0 rings (SSSR count). The Bertz CT molecular complexity index is 191. The van der Waals surface area contributed by atoms with E-state index < -0.39 is 5.54 Å². The zero-order valence-corrected chi connectivity index (χ0v) is 7.90. The van der Waals surface area contributed by atoms with Crippen molar-refractivity contribution < 1.29 is 4.79 Å². The van der Waals surface area contributed by atoms with Gasteiger partial charge < -0.3 is 10.6 Å². The van der Waals surface area contributed by atoms with Gasteiger partial charge in [0.25, 0.3) is 0 Å². The van der Waals surface area contributed by atoms with Crippen LogP contribution in [-0.2, 0) is 4.79 Å². The Hall–Kier alpha value is -1.01. The topological polar surface area (TPSA) is 41.1 Å². The predicted molar refractivity (Wildman–Crippen MR) is 49.6 cm³/mol. The molecule has 12 heavy (non-hydrogen) atoms. The molecule has 68 valence electrons. The summed E-state index contributed by atoms with van der Waals surface area (Å²) in [6.07, 6.45) is 5.20. The van der Waals surface area contributed by atoms with Crippen molar-refractivity contribution in [2.75, 3.05) is 13.1 Å². The molecule has 0 aromatic heterocycles. The molecule has 0 aliphatic heterocycles. The van der Waals surface area contributed by atoms with Crippen molar-refractivity contribution in [3.63, 3.8) is 0 Å². The zero-order chi connectivity index (χ0) is 9.61. The molecule has 3 nitrogen and oxygen atoms in total. The van der Waals surface area contributed by atoms with Gasteiger partial charge in [-0.05, 0) is 20.4 Å². The SMILES string of the molecule is C#CC(C)(C)NC(=O)CNCC. The lowest BCUT2D eigenvalue weighted by atomic mass is 10.1. The molecular weight excluding hydrogens is 152 g/mol. The number of amides is 1. The van der Waals surface area contributed by atoms with Crippen molar-refractivity contribution in [3.05, 3.63) is 0 Å². The fourth-order valence-electron chi connectivity index (χ4n) is 0.667. The molecule has 0 aliphatic rings. The van der Waals surface area contributed by atoms with Crippen LogP contribution in [0.25, 0.3) is 0 Å². The van der Waals surface area contributed by atoms with Crippen molar-refractivity contribution >= 4 is 5.91 Å². The lowest BCUT2D eigenvalue weighted by Gasteiger charge is -2.19. The van der Waals surface area contributed by atoms with E-state index in [0.29, 0.717) is 6.54 Å². The molecule has 3 heteroatoms. The van der Waals surface area contributed by atoms with E-state index in [1.165, 1.54) is 0 Å². The molecule has 0 aliphatic carbocycles. The third kappa shape index (κ3) is 4.75. The summed E-state index contributed by atoms with van der Waals surface area (Å²) in [4.78, 5) is 11.1. The van der Waals surface area contributed by atoms with E-state index in [9.17, 15) is 4.79 Å². The highest BCUT2D eigenvalue weighted by Crippen LogP contribution is 1.97. The first-order valence-electron chi connectivity index (χ1n) is 4.01. The van der Waals surface area contributed by atoms with Gasteiger partial charge in [0.2, 0.25) is 5.91 Å². The maximum atomic E-state index is 11.1. The fraction of sp³-hybridized carbons (Fsp3) is 0.667. The number of hydrogen-bond acceptors (Lipinski definition) is 2. The Balaban J connectivity index is 3.78. The third-order valence-corrected chi connectivity index (χ3v) is 1.35. The summed E-state index contributed by atoms with van der Waals surface area (Å²) in [6, 6.07) is 0. The largest absolute Gasteiger partial charge is 0.339 e. The van der Waals surface area contributed by atoms with Crippen molar-refractivity contribution in [3.8, 4) is 12.3 Å². The molecular formula is C9H16N2O. The number of carbonyl (C=O) groups excluding carboxylic acids is 1. The summed E-state index contributed by atoms with van der Waals surface area (Å²) in [6.45, 7) is 6.62. The molecule has 0 radical (unpaired) electrons. The number of nitrogens with one attached hydrogen (secondary N) is 2. The van der Waals surface area contributed by atoms with Crippen LogP contribution >= 0.6 is 0 Å². The minimum atomic E-state index is -0.549. The maximum Gasteiger partial charge on any atom is 0.235 e. The Morgan fingerprint density at radius 1 is 1.58 bits per heavy atom. The second-order valence-electron chi connectivity index (χ2n) is 3.10. The maximum absolute atomic E-state index is 11.1. The summed E-state index contributed by atoms with van der Waals surface area (Å²) in [5.41, 5.74) is -0.549. The number of hydrogen-bond donors (Lipinski definition) is 2. The van der Waals surface area contributed by atoms with Gasteiger partial charge in [-0.1, -0.05) is 12.8 Å². The first-order chi connectivity index (χ1) is 5.52. The Morgan fingerprint density at radius 3 is 2.58 bits per heavy atom. The van der Waals surface area contributed by atoms with Gasteiger partial charge in [-0.2, -0.15) is 0 Å². The molecule has 0 saturated heterocycles.